The molecule has 1 heterocycles. The molecule has 0 aliphatic carbocycles. The summed E-state index contributed by atoms with van der Waals surface area (Å²) in [5.41, 5.74) is 0.834. The number of nitrogens with zero attached hydrogens (tertiary/aromatic N) is 3. The van der Waals surface area contributed by atoms with E-state index < -0.39 is 17.6 Å². The SMILES string of the molecule is CCCn1cc(C(=O)[C@@H](C#N)C(=O)Nc2cccc3ccccc23)cn1. The number of fused-ring (bicyclic) bond motifs is 1. The molecule has 0 radical (unpaired) electrons. The minimum atomic E-state index is -1.42. The number of carbonyl (C=O) groups is 2. The van der Waals surface area contributed by atoms with Crippen LogP contribution < -0.4 is 5.32 Å². The summed E-state index contributed by atoms with van der Waals surface area (Å²) >= 11 is 0. The Kier molecular flexibility index (Phi) is 5.09. The van der Waals surface area contributed by atoms with Crippen LogP contribution in [0.5, 0.6) is 0 Å². The van der Waals surface area contributed by atoms with Crippen molar-refractivity contribution in [3.63, 3.8) is 0 Å². The van der Waals surface area contributed by atoms with Gasteiger partial charge in [-0.15, -0.1) is 0 Å². The van der Waals surface area contributed by atoms with E-state index in [1.54, 1.807) is 16.9 Å². The van der Waals surface area contributed by atoms with Crippen LogP contribution >= 0.6 is 0 Å². The molecule has 26 heavy (non-hydrogen) atoms. The third-order valence-electron chi connectivity index (χ3n) is 4.07. The molecule has 1 aromatic heterocycles. The number of hydrogen-bond acceptors (Lipinski definition) is 4. The summed E-state index contributed by atoms with van der Waals surface area (Å²) < 4.78 is 1.63. The minimum absolute atomic E-state index is 0.262. The summed E-state index contributed by atoms with van der Waals surface area (Å²) in [5.74, 6) is -2.61. The van der Waals surface area contributed by atoms with Crippen molar-refractivity contribution >= 4 is 28.2 Å². The predicted octanol–water partition coefficient (Wildman–Crippen LogP) is 3.41. The van der Waals surface area contributed by atoms with Gasteiger partial charge >= 0.3 is 0 Å². The van der Waals surface area contributed by atoms with E-state index in [0.29, 0.717) is 12.2 Å². The second kappa shape index (κ2) is 7.62. The number of rotatable bonds is 6. The summed E-state index contributed by atoms with van der Waals surface area (Å²) in [6.07, 6.45) is 3.84. The maximum absolute atomic E-state index is 12.6. The fraction of sp³-hybridized carbons (Fsp3) is 0.200. The van der Waals surface area contributed by atoms with E-state index in [1.165, 1.54) is 6.20 Å². The fourth-order valence-electron chi connectivity index (χ4n) is 2.78. The van der Waals surface area contributed by atoms with Gasteiger partial charge < -0.3 is 5.32 Å². The highest BCUT2D eigenvalue weighted by Gasteiger charge is 2.28. The molecule has 1 N–H and O–H groups in total. The highest BCUT2D eigenvalue weighted by atomic mass is 16.2. The van der Waals surface area contributed by atoms with E-state index in [1.807, 2.05) is 49.4 Å². The Morgan fingerprint density at radius 1 is 1.23 bits per heavy atom. The number of Topliss-reactive ketones (excluding diaryl/α,β-unsaturated/α-hetero) is 1. The average Bonchev–Trinajstić information content (AvgIpc) is 3.11. The molecule has 2 aromatic carbocycles. The van der Waals surface area contributed by atoms with Crippen molar-refractivity contribution in [1.29, 1.82) is 5.26 Å². The Balaban J connectivity index is 1.82. The molecule has 1 atom stereocenters. The Morgan fingerprint density at radius 2 is 2.00 bits per heavy atom. The Labute approximate surface area is 151 Å². The summed E-state index contributed by atoms with van der Waals surface area (Å²) in [7, 11) is 0. The highest BCUT2D eigenvalue weighted by molar-refractivity contribution is 6.16. The topological polar surface area (TPSA) is 87.8 Å². The molecule has 6 heteroatoms. The number of hydrogen-bond donors (Lipinski definition) is 1. The van der Waals surface area contributed by atoms with Gasteiger partial charge in [0.25, 0.3) is 0 Å². The number of anilines is 1. The molecule has 0 aliphatic heterocycles. The molecule has 6 nitrogen and oxygen atoms in total. The molecular formula is C20H18N4O2. The van der Waals surface area contributed by atoms with Crippen LogP contribution in [0.3, 0.4) is 0 Å². The van der Waals surface area contributed by atoms with Crippen molar-refractivity contribution in [3.05, 3.63) is 60.4 Å². The molecule has 0 saturated carbocycles. The normalized spacial score (nSPS) is 11.7. The maximum Gasteiger partial charge on any atom is 0.249 e. The maximum atomic E-state index is 12.6. The zero-order chi connectivity index (χ0) is 18.5. The molecule has 3 rings (SSSR count). The van der Waals surface area contributed by atoms with E-state index in [-0.39, 0.29) is 5.56 Å². The van der Waals surface area contributed by atoms with Crippen molar-refractivity contribution in [1.82, 2.24) is 9.78 Å². The molecule has 0 saturated heterocycles. The van der Waals surface area contributed by atoms with Crippen molar-refractivity contribution in [3.8, 4) is 6.07 Å². The molecule has 0 fully saturated rings. The van der Waals surface area contributed by atoms with Gasteiger partial charge in [0.15, 0.2) is 11.7 Å². The lowest BCUT2D eigenvalue weighted by Crippen LogP contribution is -2.28. The number of benzene rings is 2. The minimum Gasteiger partial charge on any atom is -0.324 e. The first-order valence-corrected chi connectivity index (χ1v) is 8.39. The molecule has 0 aliphatic rings. The molecule has 130 valence electrons. The molecular weight excluding hydrogens is 328 g/mol. The van der Waals surface area contributed by atoms with Gasteiger partial charge in [-0.05, 0) is 17.9 Å². The summed E-state index contributed by atoms with van der Waals surface area (Å²) in [5, 5.41) is 18.0. The average molecular weight is 346 g/mol. The summed E-state index contributed by atoms with van der Waals surface area (Å²) in [4.78, 5) is 25.1. The van der Waals surface area contributed by atoms with Gasteiger partial charge in [0.2, 0.25) is 5.91 Å². The molecule has 1 amide bonds. The van der Waals surface area contributed by atoms with Crippen LogP contribution in [-0.4, -0.2) is 21.5 Å². The second-order valence-electron chi connectivity index (χ2n) is 5.93. The van der Waals surface area contributed by atoms with Crippen molar-refractivity contribution < 1.29 is 9.59 Å². The molecule has 0 spiro atoms. The number of aryl methyl sites for hydroxylation is 1. The van der Waals surface area contributed by atoms with E-state index in [9.17, 15) is 14.9 Å². The fourth-order valence-corrected chi connectivity index (χ4v) is 2.78. The van der Waals surface area contributed by atoms with Gasteiger partial charge in [-0.3, -0.25) is 14.3 Å². The zero-order valence-electron chi connectivity index (χ0n) is 14.3. The number of ketones is 1. The van der Waals surface area contributed by atoms with Crippen molar-refractivity contribution in [2.24, 2.45) is 5.92 Å². The van der Waals surface area contributed by atoms with Gasteiger partial charge in [-0.2, -0.15) is 10.4 Å². The van der Waals surface area contributed by atoms with Crippen LogP contribution in [0.2, 0.25) is 0 Å². The van der Waals surface area contributed by atoms with Crippen LogP contribution in [0.15, 0.2) is 54.9 Å². The first-order valence-electron chi connectivity index (χ1n) is 8.39. The van der Waals surface area contributed by atoms with Gasteiger partial charge in [0.1, 0.15) is 0 Å². The van der Waals surface area contributed by atoms with Crippen LogP contribution in [0, 0.1) is 17.2 Å². The standard InChI is InChI=1S/C20H18N4O2/c1-2-10-24-13-15(12-22-24)19(25)17(11-21)20(26)23-18-9-5-7-14-6-3-4-8-16(14)18/h3-9,12-13,17H,2,10H2,1H3,(H,23,26)/t17-/m1/s1. The van der Waals surface area contributed by atoms with E-state index in [4.69, 9.17) is 0 Å². The Bertz CT molecular complexity index is 995. The number of aromatic nitrogens is 2. The van der Waals surface area contributed by atoms with E-state index >= 15 is 0 Å². The van der Waals surface area contributed by atoms with Gasteiger partial charge in [-0.25, -0.2) is 0 Å². The van der Waals surface area contributed by atoms with Crippen molar-refractivity contribution in [2.75, 3.05) is 5.32 Å². The smallest absolute Gasteiger partial charge is 0.249 e. The lowest BCUT2D eigenvalue weighted by atomic mass is 10.00. The monoisotopic (exact) mass is 346 g/mol. The quantitative estimate of drug-likeness (QED) is 0.547. The molecule has 0 unspecified atom stereocenters. The van der Waals surface area contributed by atoms with E-state index in [2.05, 4.69) is 10.4 Å². The van der Waals surface area contributed by atoms with E-state index in [0.717, 1.165) is 17.2 Å². The van der Waals surface area contributed by atoms with Gasteiger partial charge in [0.05, 0.1) is 17.8 Å². The van der Waals surface area contributed by atoms with Crippen LogP contribution in [-0.2, 0) is 11.3 Å². The van der Waals surface area contributed by atoms with Crippen molar-refractivity contribution in [2.45, 2.75) is 19.9 Å². The number of carbonyl (C=O) groups excluding carboxylic acids is 2. The summed E-state index contributed by atoms with van der Waals surface area (Å²) in [6.45, 7) is 2.67. The number of amides is 1. The van der Waals surface area contributed by atoms with Gasteiger partial charge in [-0.1, -0.05) is 43.3 Å². The highest BCUT2D eigenvalue weighted by Crippen LogP contribution is 2.23. The molecule has 3 aromatic rings. The first-order chi connectivity index (χ1) is 12.6. The lowest BCUT2D eigenvalue weighted by molar-refractivity contribution is -0.117. The Hall–Kier alpha value is -3.46. The third kappa shape index (κ3) is 3.47. The summed E-state index contributed by atoms with van der Waals surface area (Å²) in [6, 6.07) is 14.9. The van der Waals surface area contributed by atoms with Gasteiger partial charge in [0, 0.05) is 23.8 Å². The van der Waals surface area contributed by atoms with Crippen LogP contribution in [0.25, 0.3) is 10.8 Å². The molecule has 0 bridgehead atoms. The third-order valence-corrected chi connectivity index (χ3v) is 4.07. The lowest BCUT2D eigenvalue weighted by Gasteiger charge is -2.11. The Morgan fingerprint density at radius 3 is 2.77 bits per heavy atom. The number of nitrogens with one attached hydrogen (secondary N) is 1. The number of nitriles is 1. The predicted molar refractivity (Wildman–Crippen MR) is 98.5 cm³/mol. The first kappa shape index (κ1) is 17.4. The van der Waals surface area contributed by atoms with Crippen LogP contribution in [0.4, 0.5) is 5.69 Å². The second-order valence-corrected chi connectivity index (χ2v) is 5.93. The zero-order valence-corrected chi connectivity index (χ0v) is 14.3. The van der Waals surface area contributed by atoms with Crippen LogP contribution in [0.1, 0.15) is 23.7 Å². The largest absolute Gasteiger partial charge is 0.324 e.